The maximum absolute atomic E-state index is 7.51. The van der Waals surface area contributed by atoms with Gasteiger partial charge in [0.1, 0.15) is 23.2 Å². The Bertz CT molecular complexity index is 2060. The second kappa shape index (κ2) is 22.2. The van der Waals surface area contributed by atoms with Gasteiger partial charge < -0.3 is 24.5 Å². The largest absolute Gasteiger partial charge is 0.496 e. The van der Waals surface area contributed by atoms with Crippen molar-refractivity contribution in [1.29, 1.82) is 5.26 Å². The van der Waals surface area contributed by atoms with E-state index in [0.29, 0.717) is 13.1 Å². The van der Waals surface area contributed by atoms with E-state index in [1.165, 1.54) is 6.08 Å². The second-order valence-electron chi connectivity index (χ2n) is 12.0. The first-order valence-electron chi connectivity index (χ1n) is 17.4. The molecule has 0 atom stereocenters. The molecule has 2 heterocycles. The molecule has 0 aliphatic carbocycles. The number of benzene rings is 4. The van der Waals surface area contributed by atoms with Gasteiger partial charge in [-0.2, -0.15) is 5.26 Å². The molecule has 2 aliphatic heterocycles. The minimum atomic E-state index is 0.476. The number of hydrogen-bond donors (Lipinski definition) is 1. The van der Waals surface area contributed by atoms with Gasteiger partial charge in [0.15, 0.2) is 0 Å². The zero-order chi connectivity index (χ0) is 38.9. The Morgan fingerprint density at radius 1 is 0.870 bits per heavy atom. The second-order valence-corrected chi connectivity index (χ2v) is 14.7. The molecule has 0 bridgehead atoms. The molecule has 0 radical (unpaired) electrons. The summed E-state index contributed by atoms with van der Waals surface area (Å²) in [5.74, 6) is 3.68. The predicted molar refractivity (Wildman–Crippen MR) is 229 cm³/mol. The van der Waals surface area contributed by atoms with Crippen molar-refractivity contribution in [2.75, 3.05) is 53.5 Å². The highest BCUT2D eigenvalue weighted by atomic mass is 79.9. The Morgan fingerprint density at radius 3 is 1.93 bits per heavy atom. The van der Waals surface area contributed by atoms with Gasteiger partial charge in [0.2, 0.25) is 6.54 Å². The Morgan fingerprint density at radius 2 is 1.43 bits per heavy atom. The van der Waals surface area contributed by atoms with Gasteiger partial charge in [-0.05, 0) is 96.5 Å². The van der Waals surface area contributed by atoms with Gasteiger partial charge in [-0.25, -0.2) is 6.57 Å². The Labute approximate surface area is 345 Å². The van der Waals surface area contributed by atoms with Crippen molar-refractivity contribution in [3.05, 3.63) is 149 Å². The number of halogens is 4. The Kier molecular flexibility index (Phi) is 17.4. The van der Waals surface area contributed by atoms with Crippen LogP contribution < -0.4 is 14.8 Å². The number of nitrogens with zero attached hydrogens (tertiary/aromatic N) is 5. The lowest BCUT2D eigenvalue weighted by Crippen LogP contribution is -2.31. The summed E-state index contributed by atoms with van der Waals surface area (Å²) in [5.41, 5.74) is 6.69. The molecule has 54 heavy (non-hydrogen) atoms. The molecule has 4 aromatic carbocycles. The fraction of sp³-hybridized carbons (Fsp3) is 0.286. The number of ether oxygens (including phenoxy) is 2. The molecule has 0 amide bonds. The van der Waals surface area contributed by atoms with Crippen molar-refractivity contribution in [3.8, 4) is 17.6 Å². The number of amidine groups is 2. The van der Waals surface area contributed by atoms with E-state index in [1.807, 2.05) is 48.5 Å². The SMILES string of the molecule is C=CC#N.COc1ccc(Br)cc1CCc1c(Cl)cccc1C1=NCCN1.[C-]#[N+]CCN1CCN=C1c1cccc(Cl)c1CCc1cc(Br)ccc1OC. The van der Waals surface area contributed by atoms with Gasteiger partial charge >= 0.3 is 0 Å². The minimum Gasteiger partial charge on any atom is -0.496 e. The number of methoxy groups -OCH3 is 2. The van der Waals surface area contributed by atoms with Crippen LogP contribution in [0.15, 0.2) is 104 Å². The molecule has 12 heteroatoms. The van der Waals surface area contributed by atoms with Gasteiger partial charge in [0, 0.05) is 49.3 Å². The fourth-order valence-electron chi connectivity index (χ4n) is 6.17. The van der Waals surface area contributed by atoms with E-state index in [2.05, 4.69) is 82.8 Å². The lowest BCUT2D eigenvalue weighted by atomic mass is 9.98. The summed E-state index contributed by atoms with van der Waals surface area (Å²) in [6, 6.07) is 25.8. The summed E-state index contributed by atoms with van der Waals surface area (Å²) in [5, 5.41) is 12.4. The highest BCUT2D eigenvalue weighted by Crippen LogP contribution is 2.30. The summed E-state index contributed by atoms with van der Waals surface area (Å²) in [7, 11) is 3.39. The van der Waals surface area contributed by atoms with Crippen LogP contribution in [0.3, 0.4) is 0 Å². The molecule has 6 rings (SSSR count). The first-order valence-corrected chi connectivity index (χ1v) is 19.7. The van der Waals surface area contributed by atoms with Crippen molar-refractivity contribution in [2.24, 2.45) is 9.98 Å². The number of nitrogens with one attached hydrogen (secondary N) is 1. The minimum absolute atomic E-state index is 0.476. The van der Waals surface area contributed by atoms with Crippen LogP contribution in [0, 0.1) is 17.9 Å². The van der Waals surface area contributed by atoms with E-state index < -0.39 is 0 Å². The molecule has 0 aromatic heterocycles. The average Bonchev–Trinajstić information content (AvgIpc) is 3.90. The highest BCUT2D eigenvalue weighted by molar-refractivity contribution is 9.10. The van der Waals surface area contributed by atoms with Crippen molar-refractivity contribution in [2.45, 2.75) is 25.7 Å². The van der Waals surface area contributed by atoms with Crippen LogP contribution in [0.25, 0.3) is 4.85 Å². The molecule has 4 aromatic rings. The van der Waals surface area contributed by atoms with Crippen LogP contribution in [0.5, 0.6) is 11.5 Å². The summed E-state index contributed by atoms with van der Waals surface area (Å²) >= 11 is 20.1. The van der Waals surface area contributed by atoms with Gasteiger partial charge in [-0.3, -0.25) is 9.98 Å². The number of rotatable bonds is 12. The molecule has 0 saturated carbocycles. The maximum Gasteiger partial charge on any atom is 0.231 e. The van der Waals surface area contributed by atoms with E-state index in [4.69, 9.17) is 49.5 Å². The van der Waals surface area contributed by atoms with E-state index in [9.17, 15) is 0 Å². The molecule has 2 aliphatic rings. The van der Waals surface area contributed by atoms with Crippen molar-refractivity contribution >= 4 is 66.7 Å². The van der Waals surface area contributed by atoms with Crippen molar-refractivity contribution in [1.82, 2.24) is 10.2 Å². The van der Waals surface area contributed by atoms with Crippen LogP contribution in [0.1, 0.15) is 33.4 Å². The topological polar surface area (TPSA) is 86.6 Å². The monoisotopic (exact) mass is 890 g/mol. The zero-order valence-corrected chi connectivity index (χ0v) is 35.0. The maximum atomic E-state index is 7.51. The number of aryl methyl sites for hydroxylation is 2. The standard InChI is InChI=1S/C21H21BrClN3O.C18H18BrClN2O.C3H3N/c1-24-10-12-26-13-11-25-21(26)18-4-3-5-19(23)17(18)8-6-15-14-16(22)7-9-20(15)27-2;1-23-17-8-6-13(19)11-12(17)5-7-14-15(3-2-4-16(14)20)18-21-9-10-22-18;1-2-3-4/h3-5,7,9,14H,6,8,10-13H2,2H3;2-4,6,8,11H,5,7,9-10H2,1H3,(H,21,22);2H,1H2. The van der Waals surface area contributed by atoms with Gasteiger partial charge in [-0.15, -0.1) is 0 Å². The molecule has 8 nitrogen and oxygen atoms in total. The van der Waals surface area contributed by atoms with Crippen molar-refractivity contribution in [3.63, 3.8) is 0 Å². The van der Waals surface area contributed by atoms with Gasteiger partial charge in [0.25, 0.3) is 0 Å². The van der Waals surface area contributed by atoms with Gasteiger partial charge in [-0.1, -0.05) is 85.9 Å². The highest BCUT2D eigenvalue weighted by Gasteiger charge is 2.23. The van der Waals surface area contributed by atoms with Crippen LogP contribution in [0.4, 0.5) is 0 Å². The zero-order valence-electron chi connectivity index (χ0n) is 30.3. The van der Waals surface area contributed by atoms with Crippen LogP contribution in [-0.2, 0) is 25.7 Å². The smallest absolute Gasteiger partial charge is 0.231 e. The quantitative estimate of drug-likeness (QED) is 0.113. The van der Waals surface area contributed by atoms with E-state index in [0.717, 1.165) is 127 Å². The van der Waals surface area contributed by atoms with Crippen LogP contribution in [0.2, 0.25) is 10.0 Å². The first kappa shape index (κ1) is 42.4. The number of nitriles is 1. The summed E-state index contributed by atoms with van der Waals surface area (Å²) in [6.07, 6.45) is 4.47. The average molecular weight is 894 g/mol. The summed E-state index contributed by atoms with van der Waals surface area (Å²) in [6.45, 7) is 14.7. The Balaban J connectivity index is 0.000000221. The normalized spacial score (nSPS) is 12.8. The van der Waals surface area contributed by atoms with E-state index >= 15 is 0 Å². The Hall–Kier alpha value is -4.32. The van der Waals surface area contributed by atoms with Crippen LogP contribution >= 0.6 is 55.1 Å². The first-order chi connectivity index (χ1) is 26.2. The molecule has 1 N–H and O–H groups in total. The molecule has 0 fully saturated rings. The number of allylic oxidation sites excluding steroid dienone is 1. The van der Waals surface area contributed by atoms with Crippen molar-refractivity contribution < 1.29 is 9.47 Å². The lowest BCUT2D eigenvalue weighted by Gasteiger charge is -2.21. The molecule has 0 unspecified atom stereocenters. The molecule has 0 saturated heterocycles. The van der Waals surface area contributed by atoms with E-state index in [-0.39, 0.29) is 0 Å². The molecular formula is C42H42Br2Cl2N6O2. The third-order valence-corrected chi connectivity index (χ3v) is 10.4. The van der Waals surface area contributed by atoms with E-state index in [1.54, 1.807) is 20.3 Å². The lowest BCUT2D eigenvalue weighted by molar-refractivity contribution is 0.409. The van der Waals surface area contributed by atoms with Crippen LogP contribution in [-0.4, -0.2) is 70.1 Å². The number of aliphatic imine (C=N–C) groups is 2. The predicted octanol–water partition coefficient (Wildman–Crippen LogP) is 9.82. The third kappa shape index (κ3) is 11.8. The summed E-state index contributed by atoms with van der Waals surface area (Å²) < 4.78 is 13.0. The third-order valence-electron chi connectivity index (χ3n) is 8.69. The summed E-state index contributed by atoms with van der Waals surface area (Å²) in [4.78, 5) is 14.9. The molecular weight excluding hydrogens is 851 g/mol. The number of hydrogen-bond acceptors (Lipinski definition) is 7. The molecule has 280 valence electrons. The fourth-order valence-corrected chi connectivity index (χ4v) is 7.52. The molecule has 0 spiro atoms. The van der Waals surface area contributed by atoms with Gasteiger partial charge in [0.05, 0.1) is 39.9 Å².